The molecule has 1 aliphatic heterocycles. The molecule has 1 saturated carbocycles. The van der Waals surface area contributed by atoms with E-state index in [1.54, 1.807) is 26.9 Å². The smallest absolute Gasteiger partial charge is 0.248 e. The monoisotopic (exact) mass is 377 g/mol. The van der Waals surface area contributed by atoms with Crippen molar-refractivity contribution in [1.29, 1.82) is 5.26 Å². The molecule has 1 saturated heterocycles. The molecule has 2 fully saturated rings. The number of thiazole rings is 1. The van der Waals surface area contributed by atoms with Crippen LogP contribution in [-0.2, 0) is 4.79 Å². The second kappa shape index (κ2) is 5.64. The van der Waals surface area contributed by atoms with Crippen LogP contribution in [0.25, 0.3) is 16.1 Å². The lowest BCUT2D eigenvalue weighted by Gasteiger charge is -2.23. The van der Waals surface area contributed by atoms with E-state index in [1.165, 1.54) is 0 Å². The summed E-state index contributed by atoms with van der Waals surface area (Å²) in [6.45, 7) is 4.63. The van der Waals surface area contributed by atoms with Gasteiger partial charge in [0.05, 0.1) is 17.3 Å². The largest absolute Gasteiger partial charge is 0.309 e. The van der Waals surface area contributed by atoms with Crippen LogP contribution >= 0.6 is 11.3 Å². The van der Waals surface area contributed by atoms with E-state index in [-0.39, 0.29) is 17.7 Å². The zero-order valence-electron chi connectivity index (χ0n) is 15.2. The molecule has 3 aromatic heterocycles. The number of carbonyl (C=O) groups excluding carboxylic acids is 1. The Bertz CT molecular complexity index is 1110. The van der Waals surface area contributed by atoms with Crippen LogP contribution in [0.1, 0.15) is 24.6 Å². The number of hydrogen-bond acceptors (Lipinski definition) is 5. The van der Waals surface area contributed by atoms with Gasteiger partial charge in [-0.15, -0.1) is 11.3 Å². The van der Waals surface area contributed by atoms with Crippen LogP contribution in [-0.4, -0.2) is 27.0 Å². The summed E-state index contributed by atoms with van der Waals surface area (Å²) in [5.41, 5.74) is 1.80. The first-order valence-corrected chi connectivity index (χ1v) is 9.99. The maximum atomic E-state index is 13.3. The number of nitrogens with zero attached hydrogens (tertiary/aromatic N) is 5. The van der Waals surface area contributed by atoms with E-state index in [2.05, 4.69) is 16.2 Å². The Labute approximate surface area is 161 Å². The molecule has 7 heteroatoms. The van der Waals surface area contributed by atoms with Gasteiger partial charge in [0.15, 0.2) is 0 Å². The minimum atomic E-state index is -0.873. The van der Waals surface area contributed by atoms with Gasteiger partial charge in [0.1, 0.15) is 10.4 Å². The SMILES string of the molecule is Cc1cnc(-c2cc3c(N4C[C@@H](C)[C@@](C#N)(C5CC5)C4=O)ccnn3c2)s1. The third-order valence-electron chi connectivity index (χ3n) is 5.88. The van der Waals surface area contributed by atoms with Gasteiger partial charge >= 0.3 is 0 Å². The van der Waals surface area contributed by atoms with E-state index in [0.29, 0.717) is 6.54 Å². The predicted molar refractivity (Wildman–Crippen MR) is 103 cm³/mol. The molecule has 27 heavy (non-hydrogen) atoms. The summed E-state index contributed by atoms with van der Waals surface area (Å²) in [4.78, 5) is 20.7. The Morgan fingerprint density at radius 3 is 2.89 bits per heavy atom. The summed E-state index contributed by atoms with van der Waals surface area (Å²) >= 11 is 1.63. The Hall–Kier alpha value is -2.72. The van der Waals surface area contributed by atoms with E-state index in [9.17, 15) is 10.1 Å². The summed E-state index contributed by atoms with van der Waals surface area (Å²) in [5.74, 6) is 0.168. The second-order valence-electron chi connectivity index (χ2n) is 7.62. The first kappa shape index (κ1) is 16.5. The molecular weight excluding hydrogens is 358 g/mol. The predicted octanol–water partition coefficient (Wildman–Crippen LogP) is 3.67. The van der Waals surface area contributed by atoms with Crippen molar-refractivity contribution in [2.24, 2.45) is 17.3 Å². The van der Waals surface area contributed by atoms with Crippen LogP contribution in [0.4, 0.5) is 5.69 Å². The van der Waals surface area contributed by atoms with Crippen molar-refractivity contribution >= 4 is 28.4 Å². The molecule has 3 aromatic rings. The van der Waals surface area contributed by atoms with Crippen molar-refractivity contribution in [3.63, 3.8) is 0 Å². The first-order valence-electron chi connectivity index (χ1n) is 9.18. The maximum absolute atomic E-state index is 13.3. The third kappa shape index (κ3) is 2.26. The molecule has 1 amide bonds. The third-order valence-corrected chi connectivity index (χ3v) is 6.85. The van der Waals surface area contributed by atoms with E-state index < -0.39 is 5.41 Å². The number of fused-ring (bicyclic) bond motifs is 1. The van der Waals surface area contributed by atoms with Gasteiger partial charge in [-0.25, -0.2) is 9.50 Å². The molecule has 2 atom stereocenters. The fourth-order valence-corrected chi connectivity index (χ4v) is 5.09. The van der Waals surface area contributed by atoms with Gasteiger partial charge in [0.2, 0.25) is 5.91 Å². The lowest BCUT2D eigenvalue weighted by atomic mass is 9.75. The van der Waals surface area contributed by atoms with Crippen molar-refractivity contribution in [2.75, 3.05) is 11.4 Å². The standard InChI is InChI=1S/C20H19N5OS/c1-12-9-24(19(26)20(12,11-21)15-3-4-15)16-5-6-23-25-10-14(7-17(16)25)18-22-8-13(2)27-18/h5-8,10,12,15H,3-4,9H2,1-2H3/t12-,20+/m1/s1. The molecule has 136 valence electrons. The number of anilines is 1. The van der Waals surface area contributed by atoms with E-state index in [0.717, 1.165) is 39.5 Å². The van der Waals surface area contributed by atoms with Gasteiger partial charge in [-0.05, 0) is 37.8 Å². The lowest BCUT2D eigenvalue weighted by molar-refractivity contribution is -0.124. The van der Waals surface area contributed by atoms with Crippen LogP contribution < -0.4 is 4.90 Å². The zero-order valence-corrected chi connectivity index (χ0v) is 16.0. The van der Waals surface area contributed by atoms with Gasteiger partial charge < -0.3 is 4.90 Å². The van der Waals surface area contributed by atoms with Gasteiger partial charge in [-0.1, -0.05) is 6.92 Å². The molecule has 6 nitrogen and oxygen atoms in total. The Balaban J connectivity index is 1.60. The van der Waals surface area contributed by atoms with Crippen LogP contribution in [0.15, 0.2) is 30.7 Å². The van der Waals surface area contributed by atoms with Gasteiger partial charge in [0.25, 0.3) is 0 Å². The second-order valence-corrected chi connectivity index (χ2v) is 8.86. The number of aryl methyl sites for hydroxylation is 1. The van der Waals surface area contributed by atoms with Crippen molar-refractivity contribution < 1.29 is 4.79 Å². The van der Waals surface area contributed by atoms with Crippen molar-refractivity contribution in [2.45, 2.75) is 26.7 Å². The average Bonchev–Trinajstić information content (AvgIpc) is 3.16. The van der Waals surface area contributed by atoms with E-state index in [4.69, 9.17) is 0 Å². The summed E-state index contributed by atoms with van der Waals surface area (Å²) in [7, 11) is 0. The van der Waals surface area contributed by atoms with Crippen LogP contribution in [0, 0.1) is 35.5 Å². The molecule has 2 aliphatic rings. The highest BCUT2D eigenvalue weighted by atomic mass is 32.1. The van der Waals surface area contributed by atoms with Crippen molar-refractivity contribution in [3.8, 4) is 16.6 Å². The minimum Gasteiger partial charge on any atom is -0.309 e. The minimum absolute atomic E-state index is 0.0201. The average molecular weight is 377 g/mol. The number of aromatic nitrogens is 3. The van der Waals surface area contributed by atoms with Crippen molar-refractivity contribution in [1.82, 2.24) is 14.6 Å². The Morgan fingerprint density at radius 2 is 2.22 bits per heavy atom. The summed E-state index contributed by atoms with van der Waals surface area (Å²) in [6.07, 6.45) is 7.46. The quantitative estimate of drug-likeness (QED) is 0.698. The summed E-state index contributed by atoms with van der Waals surface area (Å²) in [6, 6.07) is 6.30. The van der Waals surface area contributed by atoms with Crippen LogP contribution in [0.2, 0.25) is 0 Å². The molecule has 4 heterocycles. The molecule has 5 rings (SSSR count). The Morgan fingerprint density at radius 1 is 1.41 bits per heavy atom. The van der Waals surface area contributed by atoms with Gasteiger partial charge in [-0.3, -0.25) is 4.79 Å². The zero-order chi connectivity index (χ0) is 18.8. The molecule has 0 spiro atoms. The summed E-state index contributed by atoms with van der Waals surface area (Å²) < 4.78 is 1.79. The van der Waals surface area contributed by atoms with Gasteiger partial charge in [0, 0.05) is 41.5 Å². The molecule has 0 radical (unpaired) electrons. The Kier molecular flexibility index (Phi) is 3.43. The molecule has 0 aromatic carbocycles. The lowest BCUT2D eigenvalue weighted by Crippen LogP contribution is -2.37. The van der Waals surface area contributed by atoms with Gasteiger partial charge in [-0.2, -0.15) is 10.4 Å². The number of hydrogen-bond donors (Lipinski definition) is 0. The topological polar surface area (TPSA) is 74.3 Å². The van der Waals surface area contributed by atoms with Crippen molar-refractivity contribution in [3.05, 3.63) is 35.6 Å². The van der Waals surface area contributed by atoms with E-state index in [1.807, 2.05) is 38.4 Å². The fraction of sp³-hybridized carbons (Fsp3) is 0.400. The molecular formula is C20H19N5OS. The number of nitriles is 1. The van der Waals surface area contributed by atoms with Crippen LogP contribution in [0.5, 0.6) is 0 Å². The molecule has 0 bridgehead atoms. The molecule has 0 unspecified atom stereocenters. The highest BCUT2D eigenvalue weighted by Crippen LogP contribution is 2.54. The fourth-order valence-electron chi connectivity index (χ4n) is 4.34. The highest BCUT2D eigenvalue weighted by Gasteiger charge is 2.61. The molecule has 0 N–H and O–H groups in total. The maximum Gasteiger partial charge on any atom is 0.248 e. The molecule has 1 aliphatic carbocycles. The normalized spacial score (nSPS) is 25.3. The highest BCUT2D eigenvalue weighted by molar-refractivity contribution is 7.14. The van der Waals surface area contributed by atoms with E-state index >= 15 is 0 Å². The first-order chi connectivity index (χ1) is 13.0. The number of rotatable bonds is 3. The number of carbonyl (C=O) groups is 1. The van der Waals surface area contributed by atoms with Crippen LogP contribution in [0.3, 0.4) is 0 Å². The summed E-state index contributed by atoms with van der Waals surface area (Å²) in [5, 5.41) is 15.2. The number of amides is 1.